The van der Waals surface area contributed by atoms with Gasteiger partial charge in [0.1, 0.15) is 5.15 Å². The fourth-order valence-electron chi connectivity index (χ4n) is 2.11. The van der Waals surface area contributed by atoms with Gasteiger partial charge in [0.15, 0.2) is 0 Å². The summed E-state index contributed by atoms with van der Waals surface area (Å²) in [5, 5.41) is 1.69. The van der Waals surface area contributed by atoms with Crippen molar-refractivity contribution in [1.82, 2.24) is 14.5 Å². The second-order valence-electron chi connectivity index (χ2n) is 4.38. The molecule has 6 heteroatoms. The Balaban J connectivity index is 2.47. The molecule has 2 heterocycles. The van der Waals surface area contributed by atoms with Gasteiger partial charge in [0.05, 0.1) is 11.3 Å². The minimum atomic E-state index is -0.568. The highest BCUT2D eigenvalue weighted by atomic mass is 35.5. The van der Waals surface area contributed by atoms with Crippen LogP contribution in [-0.2, 0) is 0 Å². The van der Waals surface area contributed by atoms with Gasteiger partial charge < -0.3 is 0 Å². The van der Waals surface area contributed by atoms with E-state index in [4.69, 9.17) is 11.6 Å². The van der Waals surface area contributed by atoms with Crippen LogP contribution >= 0.6 is 11.6 Å². The van der Waals surface area contributed by atoms with Crippen LogP contribution in [0.2, 0.25) is 5.15 Å². The standard InChI is InChI=1S/C14H10ClN3O2/c1-8-12(15)17-14(20)18(13(8)19)11-4-2-3-9-5-6-16-7-10(9)11/h2-7H,1H3,(H,17,20). The molecule has 20 heavy (non-hydrogen) atoms. The lowest BCUT2D eigenvalue weighted by Gasteiger charge is -2.09. The molecular weight excluding hydrogens is 278 g/mol. The van der Waals surface area contributed by atoms with Gasteiger partial charge in [-0.25, -0.2) is 9.36 Å². The maximum absolute atomic E-state index is 12.3. The van der Waals surface area contributed by atoms with Gasteiger partial charge in [-0.3, -0.25) is 14.8 Å². The van der Waals surface area contributed by atoms with Crippen LogP contribution in [0.15, 0.2) is 46.2 Å². The Morgan fingerprint density at radius 2 is 2.05 bits per heavy atom. The van der Waals surface area contributed by atoms with Crippen LogP contribution in [0.1, 0.15) is 5.56 Å². The quantitative estimate of drug-likeness (QED) is 0.696. The lowest BCUT2D eigenvalue weighted by Crippen LogP contribution is -2.35. The van der Waals surface area contributed by atoms with E-state index in [0.717, 1.165) is 15.3 Å². The number of nitrogens with one attached hydrogen (secondary N) is 1. The maximum atomic E-state index is 12.3. The van der Waals surface area contributed by atoms with Crippen LogP contribution < -0.4 is 11.2 Å². The zero-order valence-corrected chi connectivity index (χ0v) is 11.3. The largest absolute Gasteiger partial charge is 0.334 e. The van der Waals surface area contributed by atoms with E-state index in [1.807, 2.05) is 12.1 Å². The molecule has 0 bridgehead atoms. The van der Waals surface area contributed by atoms with Crippen LogP contribution in [0.3, 0.4) is 0 Å². The molecule has 0 spiro atoms. The number of aromatic nitrogens is 3. The van der Waals surface area contributed by atoms with Gasteiger partial charge in [-0.05, 0) is 24.4 Å². The van der Waals surface area contributed by atoms with Gasteiger partial charge in [-0.15, -0.1) is 0 Å². The first-order valence-electron chi connectivity index (χ1n) is 5.94. The van der Waals surface area contributed by atoms with Crippen LogP contribution in [0.5, 0.6) is 0 Å². The van der Waals surface area contributed by atoms with Crippen molar-refractivity contribution in [2.75, 3.05) is 0 Å². The Morgan fingerprint density at radius 1 is 1.25 bits per heavy atom. The fourth-order valence-corrected chi connectivity index (χ4v) is 2.27. The number of benzene rings is 1. The average molecular weight is 288 g/mol. The molecule has 0 amide bonds. The van der Waals surface area contributed by atoms with Crippen LogP contribution in [0, 0.1) is 6.92 Å². The Bertz CT molecular complexity index is 922. The van der Waals surface area contributed by atoms with Gasteiger partial charge in [-0.1, -0.05) is 23.7 Å². The van der Waals surface area contributed by atoms with Crippen molar-refractivity contribution in [2.24, 2.45) is 0 Å². The normalized spacial score (nSPS) is 10.9. The molecule has 3 aromatic rings. The molecule has 3 rings (SSSR count). The first-order valence-corrected chi connectivity index (χ1v) is 6.32. The minimum absolute atomic E-state index is 0.0645. The summed E-state index contributed by atoms with van der Waals surface area (Å²) >= 11 is 5.82. The van der Waals surface area contributed by atoms with E-state index < -0.39 is 11.2 Å². The summed E-state index contributed by atoms with van der Waals surface area (Å²) in [7, 11) is 0. The molecule has 1 N–H and O–H groups in total. The number of fused-ring (bicyclic) bond motifs is 1. The number of H-pyrrole nitrogens is 1. The van der Waals surface area contributed by atoms with E-state index in [9.17, 15) is 9.59 Å². The van der Waals surface area contributed by atoms with E-state index in [2.05, 4.69) is 9.97 Å². The molecule has 2 aromatic heterocycles. The molecular formula is C14H10ClN3O2. The smallest absolute Gasteiger partial charge is 0.297 e. The van der Waals surface area contributed by atoms with Crippen molar-refractivity contribution < 1.29 is 0 Å². The first kappa shape index (κ1) is 12.6. The molecule has 0 saturated heterocycles. The van der Waals surface area contributed by atoms with Gasteiger partial charge in [0.2, 0.25) is 0 Å². The zero-order valence-electron chi connectivity index (χ0n) is 10.6. The molecule has 0 unspecified atom stereocenters. The molecule has 0 aliphatic carbocycles. The number of pyridine rings is 1. The molecule has 100 valence electrons. The van der Waals surface area contributed by atoms with Crippen LogP contribution in [-0.4, -0.2) is 14.5 Å². The summed E-state index contributed by atoms with van der Waals surface area (Å²) < 4.78 is 1.07. The van der Waals surface area contributed by atoms with E-state index >= 15 is 0 Å². The summed E-state index contributed by atoms with van der Waals surface area (Å²) in [6.07, 6.45) is 3.28. The van der Waals surface area contributed by atoms with Crippen LogP contribution in [0.4, 0.5) is 0 Å². The van der Waals surface area contributed by atoms with Crippen molar-refractivity contribution in [3.8, 4) is 5.69 Å². The number of hydrogen-bond acceptors (Lipinski definition) is 3. The highest BCUT2D eigenvalue weighted by Crippen LogP contribution is 2.19. The Morgan fingerprint density at radius 3 is 2.85 bits per heavy atom. The molecule has 0 radical (unpaired) electrons. The average Bonchev–Trinajstić information content (AvgIpc) is 2.45. The lowest BCUT2D eigenvalue weighted by atomic mass is 10.1. The van der Waals surface area contributed by atoms with Crippen molar-refractivity contribution in [3.05, 3.63) is 68.2 Å². The van der Waals surface area contributed by atoms with Gasteiger partial charge in [0.25, 0.3) is 5.56 Å². The second-order valence-corrected chi connectivity index (χ2v) is 4.76. The maximum Gasteiger partial charge on any atom is 0.334 e. The monoisotopic (exact) mass is 287 g/mol. The van der Waals surface area contributed by atoms with Gasteiger partial charge in [-0.2, -0.15) is 0 Å². The zero-order chi connectivity index (χ0) is 14.3. The Kier molecular flexibility index (Phi) is 2.91. The van der Waals surface area contributed by atoms with E-state index in [1.165, 1.54) is 0 Å². The number of nitrogens with zero attached hydrogens (tertiary/aromatic N) is 2. The van der Waals surface area contributed by atoms with Crippen molar-refractivity contribution in [1.29, 1.82) is 0 Å². The van der Waals surface area contributed by atoms with Crippen molar-refractivity contribution in [2.45, 2.75) is 6.92 Å². The highest BCUT2D eigenvalue weighted by Gasteiger charge is 2.12. The third kappa shape index (κ3) is 1.83. The number of rotatable bonds is 1. The number of aromatic amines is 1. The van der Waals surface area contributed by atoms with E-state index in [-0.39, 0.29) is 5.15 Å². The molecule has 1 aromatic carbocycles. The van der Waals surface area contributed by atoms with Crippen molar-refractivity contribution >= 4 is 22.4 Å². The Hall–Kier alpha value is -2.40. The molecule has 0 aliphatic heterocycles. The fraction of sp³-hybridized carbons (Fsp3) is 0.0714. The molecule has 0 fully saturated rings. The van der Waals surface area contributed by atoms with E-state index in [0.29, 0.717) is 11.3 Å². The second kappa shape index (κ2) is 4.61. The third-order valence-corrected chi connectivity index (χ3v) is 3.55. The Labute approximate surface area is 118 Å². The molecule has 0 saturated carbocycles. The van der Waals surface area contributed by atoms with E-state index in [1.54, 1.807) is 31.5 Å². The van der Waals surface area contributed by atoms with Gasteiger partial charge >= 0.3 is 5.69 Å². The summed E-state index contributed by atoms with van der Waals surface area (Å²) in [6.45, 7) is 1.57. The predicted molar refractivity (Wildman–Crippen MR) is 77.7 cm³/mol. The summed E-state index contributed by atoms with van der Waals surface area (Å²) in [6, 6.07) is 7.20. The molecule has 5 nitrogen and oxygen atoms in total. The number of hydrogen-bond donors (Lipinski definition) is 1. The molecule has 0 atom stereocenters. The van der Waals surface area contributed by atoms with Gasteiger partial charge in [0, 0.05) is 17.8 Å². The number of halogens is 1. The van der Waals surface area contributed by atoms with Crippen LogP contribution in [0.25, 0.3) is 16.5 Å². The topological polar surface area (TPSA) is 67.8 Å². The lowest BCUT2D eigenvalue weighted by molar-refractivity contribution is 0.865. The minimum Gasteiger partial charge on any atom is -0.297 e. The summed E-state index contributed by atoms with van der Waals surface area (Å²) in [4.78, 5) is 30.9. The predicted octanol–water partition coefficient (Wildman–Crippen LogP) is 2.04. The SMILES string of the molecule is Cc1c(Cl)[nH]c(=O)n(-c2cccc3ccncc23)c1=O. The van der Waals surface area contributed by atoms with Crippen molar-refractivity contribution in [3.63, 3.8) is 0 Å². The summed E-state index contributed by atoms with van der Waals surface area (Å²) in [5.74, 6) is 0. The third-order valence-electron chi connectivity index (χ3n) is 3.17. The highest BCUT2D eigenvalue weighted by molar-refractivity contribution is 6.30. The molecule has 0 aliphatic rings. The summed E-state index contributed by atoms with van der Waals surface area (Å²) in [5.41, 5.74) is -0.217. The first-order chi connectivity index (χ1) is 9.59.